The molecule has 1 aromatic carbocycles. The van der Waals surface area contributed by atoms with Gasteiger partial charge in [0.2, 0.25) is 5.91 Å². The Bertz CT molecular complexity index is 835. The highest BCUT2D eigenvalue weighted by molar-refractivity contribution is 5.87. The van der Waals surface area contributed by atoms with Crippen molar-refractivity contribution in [2.45, 2.75) is 134 Å². The number of rotatable bonds is 9. The average Bonchev–Trinajstić information content (AvgIpc) is 2.93. The molecule has 36 heavy (non-hydrogen) atoms. The fourth-order valence-electron chi connectivity index (χ4n) is 8.06. The molecule has 0 saturated heterocycles. The third kappa shape index (κ3) is 6.84. The number of nitrogens with zero attached hydrogens (tertiary/aromatic N) is 1. The Morgan fingerprint density at radius 3 is 2.08 bits per heavy atom. The number of hydrogen-bond acceptors (Lipinski definition) is 1. The molecule has 0 aliphatic heterocycles. The van der Waals surface area contributed by atoms with E-state index >= 15 is 0 Å². The van der Waals surface area contributed by atoms with Gasteiger partial charge >= 0.3 is 0 Å². The van der Waals surface area contributed by atoms with Crippen molar-refractivity contribution in [2.75, 3.05) is 7.05 Å². The van der Waals surface area contributed by atoms with Crippen LogP contribution < -0.4 is 0 Å². The molecule has 3 aliphatic rings. The summed E-state index contributed by atoms with van der Waals surface area (Å²) < 4.78 is 0. The van der Waals surface area contributed by atoms with E-state index in [1.165, 1.54) is 107 Å². The molecular formula is C34H53NO. The highest BCUT2D eigenvalue weighted by Gasteiger charge is 2.32. The van der Waals surface area contributed by atoms with Gasteiger partial charge in [-0.15, -0.1) is 0 Å². The molecule has 0 atom stereocenters. The molecule has 4 rings (SSSR count). The van der Waals surface area contributed by atoms with Crippen LogP contribution in [-0.4, -0.2) is 23.9 Å². The first-order valence-electron chi connectivity index (χ1n) is 15.5. The predicted molar refractivity (Wildman–Crippen MR) is 153 cm³/mol. The van der Waals surface area contributed by atoms with Crippen LogP contribution in [0, 0.1) is 24.7 Å². The van der Waals surface area contributed by atoms with Crippen LogP contribution in [0.3, 0.4) is 0 Å². The van der Waals surface area contributed by atoms with Crippen molar-refractivity contribution < 1.29 is 4.79 Å². The molecule has 0 spiro atoms. The zero-order valence-corrected chi connectivity index (χ0v) is 23.6. The lowest BCUT2D eigenvalue weighted by molar-refractivity contribution is -0.127. The summed E-state index contributed by atoms with van der Waals surface area (Å²) in [4.78, 5) is 13.9. The number of unbranched alkanes of at least 4 members (excludes halogenated alkanes) is 2. The van der Waals surface area contributed by atoms with Gasteiger partial charge in [-0.25, -0.2) is 0 Å². The molecule has 0 bridgehead atoms. The van der Waals surface area contributed by atoms with Crippen LogP contribution in [-0.2, 0) is 4.79 Å². The van der Waals surface area contributed by atoms with E-state index in [2.05, 4.69) is 38.6 Å². The van der Waals surface area contributed by atoms with Crippen LogP contribution in [0.4, 0.5) is 0 Å². The molecule has 0 aromatic heterocycles. The molecule has 1 aromatic rings. The van der Waals surface area contributed by atoms with Gasteiger partial charge in [-0.05, 0) is 123 Å². The SMILES string of the molecule is C=CC(=O)N(C)C1CCC(c2ccc(C3CCC(C4CCC(CCCCC)CC4)CC3)c(C)c2)CC1. The standard InChI is InChI=1S/C34H53NO/c1-5-7-8-9-26-10-12-27(13-11-26)28-14-16-30(17-15-28)33-23-20-31(24-25(33)3)29-18-21-32(22-19-29)35(4)34(36)6-2/h6,20,23-24,26-30,32H,2,5,7-19,21-22H2,1,3-4H3. The van der Waals surface area contributed by atoms with E-state index in [0.717, 1.165) is 36.5 Å². The molecule has 2 nitrogen and oxygen atoms in total. The van der Waals surface area contributed by atoms with Gasteiger partial charge in [-0.2, -0.15) is 0 Å². The summed E-state index contributed by atoms with van der Waals surface area (Å²) in [6, 6.07) is 7.80. The summed E-state index contributed by atoms with van der Waals surface area (Å²) in [5.74, 6) is 4.54. The third-order valence-corrected chi connectivity index (χ3v) is 10.5. The van der Waals surface area contributed by atoms with Gasteiger partial charge in [-0.3, -0.25) is 4.79 Å². The number of hydrogen-bond donors (Lipinski definition) is 0. The molecule has 200 valence electrons. The second kappa shape index (κ2) is 13.3. The Kier molecular flexibility index (Phi) is 10.1. The van der Waals surface area contributed by atoms with E-state index < -0.39 is 0 Å². The fraction of sp³-hybridized carbons (Fsp3) is 0.735. The summed E-state index contributed by atoms with van der Waals surface area (Å²) in [7, 11) is 1.93. The van der Waals surface area contributed by atoms with Crippen molar-refractivity contribution >= 4 is 5.91 Å². The summed E-state index contributed by atoms with van der Waals surface area (Å²) in [6.07, 6.45) is 23.5. The summed E-state index contributed by atoms with van der Waals surface area (Å²) in [6.45, 7) is 8.32. The lowest BCUT2D eigenvalue weighted by atomic mass is 9.67. The van der Waals surface area contributed by atoms with Crippen LogP contribution in [0.15, 0.2) is 30.9 Å². The van der Waals surface area contributed by atoms with E-state index in [1.807, 2.05) is 11.9 Å². The van der Waals surface area contributed by atoms with Gasteiger partial charge in [0.05, 0.1) is 0 Å². The van der Waals surface area contributed by atoms with Crippen LogP contribution in [0.2, 0.25) is 0 Å². The monoisotopic (exact) mass is 491 g/mol. The van der Waals surface area contributed by atoms with Crippen molar-refractivity contribution in [1.29, 1.82) is 0 Å². The smallest absolute Gasteiger partial charge is 0.245 e. The average molecular weight is 492 g/mol. The Morgan fingerprint density at radius 2 is 1.50 bits per heavy atom. The van der Waals surface area contributed by atoms with Crippen molar-refractivity contribution in [3.05, 3.63) is 47.5 Å². The molecule has 0 N–H and O–H groups in total. The second-order valence-corrected chi connectivity index (χ2v) is 12.7. The van der Waals surface area contributed by atoms with Gasteiger partial charge in [0.15, 0.2) is 0 Å². The molecular weight excluding hydrogens is 438 g/mol. The minimum atomic E-state index is 0.0588. The maximum atomic E-state index is 12.0. The van der Waals surface area contributed by atoms with Crippen molar-refractivity contribution in [1.82, 2.24) is 4.90 Å². The molecule has 0 radical (unpaired) electrons. The van der Waals surface area contributed by atoms with E-state index in [-0.39, 0.29) is 5.91 Å². The number of carbonyl (C=O) groups is 1. The van der Waals surface area contributed by atoms with E-state index in [9.17, 15) is 4.79 Å². The molecule has 1 amide bonds. The molecule has 2 heteroatoms. The zero-order chi connectivity index (χ0) is 25.5. The highest BCUT2D eigenvalue weighted by atomic mass is 16.2. The molecule has 0 unspecified atom stereocenters. The molecule has 3 aliphatic carbocycles. The van der Waals surface area contributed by atoms with Crippen molar-refractivity contribution in [3.63, 3.8) is 0 Å². The quantitative estimate of drug-likeness (QED) is 0.249. The van der Waals surface area contributed by atoms with Crippen molar-refractivity contribution in [2.24, 2.45) is 17.8 Å². The normalized spacial score (nSPS) is 31.1. The minimum Gasteiger partial charge on any atom is -0.339 e. The topological polar surface area (TPSA) is 20.3 Å². The minimum absolute atomic E-state index is 0.0588. The number of aryl methyl sites for hydroxylation is 1. The summed E-state index contributed by atoms with van der Waals surface area (Å²) >= 11 is 0. The lowest BCUT2D eigenvalue weighted by Gasteiger charge is -2.38. The van der Waals surface area contributed by atoms with Crippen molar-refractivity contribution in [3.8, 4) is 0 Å². The van der Waals surface area contributed by atoms with Crippen LogP contribution in [0.25, 0.3) is 0 Å². The largest absolute Gasteiger partial charge is 0.339 e. The lowest BCUT2D eigenvalue weighted by Crippen LogP contribution is -2.38. The first-order valence-corrected chi connectivity index (χ1v) is 15.5. The van der Waals surface area contributed by atoms with Crippen LogP contribution in [0.5, 0.6) is 0 Å². The van der Waals surface area contributed by atoms with Gasteiger partial charge in [-0.1, -0.05) is 70.2 Å². The Balaban J connectivity index is 1.24. The highest BCUT2D eigenvalue weighted by Crippen LogP contribution is 2.45. The van der Waals surface area contributed by atoms with Gasteiger partial charge in [0.25, 0.3) is 0 Å². The predicted octanol–water partition coefficient (Wildman–Crippen LogP) is 9.33. The zero-order valence-electron chi connectivity index (χ0n) is 23.6. The van der Waals surface area contributed by atoms with E-state index in [1.54, 1.807) is 5.56 Å². The third-order valence-electron chi connectivity index (χ3n) is 10.5. The molecule has 3 saturated carbocycles. The Labute approximate surface area is 222 Å². The summed E-state index contributed by atoms with van der Waals surface area (Å²) in [5.41, 5.74) is 4.67. The second-order valence-electron chi connectivity index (χ2n) is 12.7. The fourth-order valence-corrected chi connectivity index (χ4v) is 8.06. The summed E-state index contributed by atoms with van der Waals surface area (Å²) in [5, 5.41) is 0. The molecule has 3 fully saturated rings. The Morgan fingerprint density at radius 1 is 0.889 bits per heavy atom. The van der Waals surface area contributed by atoms with Crippen LogP contribution >= 0.6 is 0 Å². The first-order chi connectivity index (χ1) is 17.5. The number of carbonyl (C=O) groups excluding carboxylic acids is 1. The van der Waals surface area contributed by atoms with E-state index in [0.29, 0.717) is 12.0 Å². The van der Waals surface area contributed by atoms with E-state index in [4.69, 9.17) is 0 Å². The maximum absolute atomic E-state index is 12.0. The maximum Gasteiger partial charge on any atom is 0.245 e. The van der Waals surface area contributed by atoms with Gasteiger partial charge < -0.3 is 4.90 Å². The first kappa shape index (κ1) is 27.5. The molecule has 0 heterocycles. The van der Waals surface area contributed by atoms with Gasteiger partial charge in [0, 0.05) is 13.1 Å². The number of likely N-dealkylation sites (N-methyl/N-ethyl adjacent to an activating group) is 1. The van der Waals surface area contributed by atoms with Gasteiger partial charge in [0.1, 0.15) is 0 Å². The number of benzene rings is 1. The Hall–Kier alpha value is -1.57. The van der Waals surface area contributed by atoms with Crippen LogP contribution in [0.1, 0.15) is 138 Å². The number of amides is 1.